The largest absolute Gasteiger partial charge is 0.463 e. The normalized spacial score (nSPS) is 11.0. The number of nitrogens with zero attached hydrogens (tertiary/aromatic N) is 4. The minimum absolute atomic E-state index is 0.0607. The maximum Gasteiger partial charge on any atom is 0.347 e. The SMILES string of the molecule is CCOC(=O)CON=C(C(=O)NCc1nccc(C)n1)c1ccn[nH]1. The zero-order valence-corrected chi connectivity index (χ0v) is 13.9. The van der Waals surface area contributed by atoms with Gasteiger partial charge in [-0.1, -0.05) is 5.16 Å². The third kappa shape index (κ3) is 5.68. The Balaban J connectivity index is 2.02. The summed E-state index contributed by atoms with van der Waals surface area (Å²) in [4.78, 5) is 36.8. The van der Waals surface area contributed by atoms with Crippen LogP contribution in [0.3, 0.4) is 0 Å². The summed E-state index contributed by atoms with van der Waals surface area (Å²) in [6.07, 6.45) is 3.07. The van der Waals surface area contributed by atoms with Gasteiger partial charge in [-0.25, -0.2) is 14.8 Å². The van der Waals surface area contributed by atoms with Crippen LogP contribution in [-0.2, 0) is 25.7 Å². The molecule has 10 heteroatoms. The molecule has 0 aromatic carbocycles. The van der Waals surface area contributed by atoms with Crippen LogP contribution >= 0.6 is 0 Å². The number of aromatic amines is 1. The second-order valence-electron chi connectivity index (χ2n) is 4.79. The van der Waals surface area contributed by atoms with E-state index in [2.05, 4.69) is 30.6 Å². The zero-order chi connectivity index (χ0) is 18.1. The number of aromatic nitrogens is 4. The van der Waals surface area contributed by atoms with Crippen LogP contribution < -0.4 is 5.32 Å². The van der Waals surface area contributed by atoms with Gasteiger partial charge < -0.3 is 14.9 Å². The molecule has 0 aliphatic heterocycles. The summed E-state index contributed by atoms with van der Waals surface area (Å²) in [6, 6.07) is 3.31. The fraction of sp³-hybridized carbons (Fsp3) is 0.333. The molecule has 0 radical (unpaired) electrons. The van der Waals surface area contributed by atoms with Crippen molar-refractivity contribution in [3.05, 3.63) is 41.7 Å². The average Bonchev–Trinajstić information content (AvgIpc) is 3.11. The van der Waals surface area contributed by atoms with Crippen LogP contribution in [0, 0.1) is 6.92 Å². The maximum atomic E-state index is 12.4. The number of rotatable bonds is 8. The van der Waals surface area contributed by atoms with E-state index in [-0.39, 0.29) is 18.9 Å². The molecule has 0 spiro atoms. The van der Waals surface area contributed by atoms with Crippen molar-refractivity contribution in [3.8, 4) is 0 Å². The van der Waals surface area contributed by atoms with Crippen molar-refractivity contribution in [2.45, 2.75) is 20.4 Å². The Labute approximate surface area is 143 Å². The van der Waals surface area contributed by atoms with E-state index in [0.29, 0.717) is 11.5 Å². The third-order valence-corrected chi connectivity index (χ3v) is 2.87. The Morgan fingerprint density at radius 3 is 2.84 bits per heavy atom. The molecular formula is C15H18N6O4. The monoisotopic (exact) mass is 346 g/mol. The third-order valence-electron chi connectivity index (χ3n) is 2.87. The second-order valence-corrected chi connectivity index (χ2v) is 4.79. The topological polar surface area (TPSA) is 131 Å². The predicted octanol–water partition coefficient (Wildman–Crippen LogP) is 0.108. The lowest BCUT2D eigenvalue weighted by Gasteiger charge is -2.07. The van der Waals surface area contributed by atoms with Crippen molar-refractivity contribution in [3.63, 3.8) is 0 Å². The van der Waals surface area contributed by atoms with E-state index in [0.717, 1.165) is 5.69 Å². The number of carbonyl (C=O) groups excluding carboxylic acids is 2. The molecule has 0 saturated carbocycles. The summed E-state index contributed by atoms with van der Waals surface area (Å²) in [5.41, 5.74) is 1.07. The van der Waals surface area contributed by atoms with Crippen LogP contribution in [0.25, 0.3) is 0 Å². The fourth-order valence-electron chi connectivity index (χ4n) is 1.78. The van der Waals surface area contributed by atoms with Crippen LogP contribution in [0.4, 0.5) is 0 Å². The van der Waals surface area contributed by atoms with Crippen LogP contribution in [-0.4, -0.2) is 51.0 Å². The fourth-order valence-corrected chi connectivity index (χ4v) is 1.78. The van der Waals surface area contributed by atoms with Gasteiger partial charge in [0.2, 0.25) is 6.61 Å². The van der Waals surface area contributed by atoms with E-state index in [1.165, 1.54) is 6.20 Å². The molecule has 0 aliphatic rings. The van der Waals surface area contributed by atoms with Crippen molar-refractivity contribution in [2.24, 2.45) is 5.16 Å². The molecule has 0 saturated heterocycles. The molecule has 0 unspecified atom stereocenters. The Morgan fingerprint density at radius 2 is 2.16 bits per heavy atom. The van der Waals surface area contributed by atoms with E-state index in [1.54, 1.807) is 25.3 Å². The zero-order valence-electron chi connectivity index (χ0n) is 13.9. The van der Waals surface area contributed by atoms with Gasteiger partial charge in [-0.3, -0.25) is 9.89 Å². The van der Waals surface area contributed by atoms with Crippen molar-refractivity contribution in [2.75, 3.05) is 13.2 Å². The van der Waals surface area contributed by atoms with E-state index in [1.807, 2.05) is 6.92 Å². The number of esters is 1. The first kappa shape index (κ1) is 18.0. The number of H-pyrrole nitrogens is 1. The summed E-state index contributed by atoms with van der Waals surface area (Å²) in [5, 5.41) is 12.7. The van der Waals surface area contributed by atoms with Crippen molar-refractivity contribution >= 4 is 17.6 Å². The Morgan fingerprint density at radius 1 is 1.32 bits per heavy atom. The molecule has 2 heterocycles. The van der Waals surface area contributed by atoms with Crippen molar-refractivity contribution in [1.82, 2.24) is 25.5 Å². The van der Waals surface area contributed by atoms with Crippen LogP contribution in [0.1, 0.15) is 24.1 Å². The molecule has 1 amide bonds. The Hall–Kier alpha value is -3.30. The molecule has 132 valence electrons. The number of hydrogen-bond donors (Lipinski definition) is 2. The predicted molar refractivity (Wildman–Crippen MR) is 86.3 cm³/mol. The summed E-state index contributed by atoms with van der Waals surface area (Å²) in [7, 11) is 0. The lowest BCUT2D eigenvalue weighted by atomic mass is 10.2. The lowest BCUT2D eigenvalue weighted by Crippen LogP contribution is -2.32. The molecule has 2 aromatic heterocycles. The first-order valence-corrected chi connectivity index (χ1v) is 7.52. The molecule has 2 aromatic rings. The quantitative estimate of drug-likeness (QED) is 0.394. The van der Waals surface area contributed by atoms with Gasteiger partial charge in [0, 0.05) is 18.1 Å². The molecule has 10 nitrogen and oxygen atoms in total. The molecular weight excluding hydrogens is 328 g/mol. The molecule has 2 rings (SSSR count). The minimum atomic E-state index is -0.580. The van der Waals surface area contributed by atoms with E-state index in [4.69, 9.17) is 9.57 Å². The van der Waals surface area contributed by atoms with Gasteiger partial charge in [-0.05, 0) is 26.0 Å². The molecule has 0 bridgehead atoms. The van der Waals surface area contributed by atoms with Gasteiger partial charge in [0.25, 0.3) is 5.91 Å². The molecule has 0 aliphatic carbocycles. The first-order chi connectivity index (χ1) is 12.1. The van der Waals surface area contributed by atoms with Crippen LogP contribution in [0.5, 0.6) is 0 Å². The standard InChI is InChI=1S/C15H18N6O4/c1-3-24-13(22)9-25-21-14(11-5-7-18-20-11)15(23)17-8-12-16-6-4-10(2)19-12/h4-7H,3,8-9H2,1-2H3,(H,17,23)(H,18,20). The number of aryl methyl sites for hydroxylation is 1. The second kappa shape index (κ2) is 9.11. The highest BCUT2D eigenvalue weighted by Crippen LogP contribution is 1.99. The molecule has 25 heavy (non-hydrogen) atoms. The van der Waals surface area contributed by atoms with Gasteiger partial charge in [0.1, 0.15) is 5.82 Å². The maximum absolute atomic E-state index is 12.4. The summed E-state index contributed by atoms with van der Waals surface area (Å²) < 4.78 is 4.72. The number of amides is 1. The molecule has 0 atom stereocenters. The van der Waals surface area contributed by atoms with E-state index in [9.17, 15) is 9.59 Å². The van der Waals surface area contributed by atoms with Crippen molar-refractivity contribution in [1.29, 1.82) is 0 Å². The van der Waals surface area contributed by atoms with Gasteiger partial charge >= 0.3 is 5.97 Å². The summed E-state index contributed by atoms with van der Waals surface area (Å²) in [5.74, 6) is -0.647. The van der Waals surface area contributed by atoms with Gasteiger partial charge in [0.15, 0.2) is 5.71 Å². The molecule has 2 N–H and O–H groups in total. The van der Waals surface area contributed by atoms with E-state index >= 15 is 0 Å². The number of hydrogen-bond acceptors (Lipinski definition) is 8. The highest BCUT2D eigenvalue weighted by Gasteiger charge is 2.17. The van der Waals surface area contributed by atoms with Gasteiger partial charge in [-0.2, -0.15) is 5.10 Å². The van der Waals surface area contributed by atoms with Crippen LogP contribution in [0.2, 0.25) is 0 Å². The Bertz CT molecular complexity index is 744. The van der Waals surface area contributed by atoms with Gasteiger partial charge in [-0.15, -0.1) is 0 Å². The highest BCUT2D eigenvalue weighted by atomic mass is 16.7. The Kier molecular flexibility index (Phi) is 6.57. The smallest absolute Gasteiger partial charge is 0.347 e. The van der Waals surface area contributed by atoms with E-state index < -0.39 is 18.5 Å². The van der Waals surface area contributed by atoms with Crippen molar-refractivity contribution < 1.29 is 19.2 Å². The summed E-state index contributed by atoms with van der Waals surface area (Å²) >= 11 is 0. The first-order valence-electron chi connectivity index (χ1n) is 7.52. The number of oxime groups is 1. The highest BCUT2D eigenvalue weighted by molar-refractivity contribution is 6.44. The number of carbonyl (C=O) groups is 2. The average molecular weight is 346 g/mol. The minimum Gasteiger partial charge on any atom is -0.463 e. The lowest BCUT2D eigenvalue weighted by molar-refractivity contribution is -0.148. The van der Waals surface area contributed by atoms with Crippen LogP contribution in [0.15, 0.2) is 29.7 Å². The number of ether oxygens (including phenoxy) is 1. The van der Waals surface area contributed by atoms with Gasteiger partial charge in [0.05, 0.1) is 18.8 Å². The summed E-state index contributed by atoms with van der Waals surface area (Å²) in [6.45, 7) is 3.45. The molecule has 0 fully saturated rings. The number of nitrogens with one attached hydrogen (secondary N) is 2.